The van der Waals surface area contributed by atoms with E-state index in [2.05, 4.69) is 42.5 Å². The van der Waals surface area contributed by atoms with Crippen molar-refractivity contribution < 1.29 is 14.3 Å². The highest BCUT2D eigenvalue weighted by atomic mass is 16.5. The molecule has 4 N–H and O–H groups in total. The summed E-state index contributed by atoms with van der Waals surface area (Å²) in [5, 5.41) is 6.25. The SMILES string of the molecule is CN1CCC1COc1ccc(NC(=O)c2cccc(CNc3ncc(-c4ccnc(N)n4)c4c3CCO4)c2)nc1. The zero-order valence-corrected chi connectivity index (χ0v) is 22.1. The van der Waals surface area contributed by atoms with E-state index in [4.69, 9.17) is 15.2 Å². The molecule has 204 valence electrons. The van der Waals surface area contributed by atoms with Gasteiger partial charge in [-0.05, 0) is 55.9 Å². The van der Waals surface area contributed by atoms with E-state index in [0.717, 1.165) is 47.6 Å². The number of likely N-dealkylation sites (N-methyl/N-ethyl adjacent to an activating group) is 1. The second kappa shape index (κ2) is 11.1. The summed E-state index contributed by atoms with van der Waals surface area (Å²) in [7, 11) is 2.09. The molecule has 1 amide bonds. The molecule has 1 aromatic carbocycles. The normalized spacial score (nSPS) is 16.0. The topological polar surface area (TPSA) is 140 Å². The molecule has 6 rings (SSSR count). The maximum absolute atomic E-state index is 12.9. The summed E-state index contributed by atoms with van der Waals surface area (Å²) >= 11 is 0. The van der Waals surface area contributed by atoms with Crippen molar-refractivity contribution in [2.24, 2.45) is 0 Å². The molecule has 0 bridgehead atoms. The van der Waals surface area contributed by atoms with Crippen LogP contribution in [-0.2, 0) is 13.0 Å². The highest BCUT2D eigenvalue weighted by molar-refractivity contribution is 6.03. The Hall–Kier alpha value is -4.77. The van der Waals surface area contributed by atoms with Gasteiger partial charge in [0, 0.05) is 42.5 Å². The number of nitrogens with zero attached hydrogens (tertiary/aromatic N) is 5. The minimum absolute atomic E-state index is 0.199. The molecule has 5 heterocycles. The summed E-state index contributed by atoms with van der Waals surface area (Å²) in [6.07, 6.45) is 6.85. The van der Waals surface area contributed by atoms with Gasteiger partial charge in [0.25, 0.3) is 5.91 Å². The Kier molecular flexibility index (Phi) is 7.11. The highest BCUT2D eigenvalue weighted by Crippen LogP contribution is 2.39. The highest BCUT2D eigenvalue weighted by Gasteiger charge is 2.25. The largest absolute Gasteiger partial charge is 0.492 e. The number of likely N-dealkylation sites (tertiary alicyclic amines) is 1. The summed E-state index contributed by atoms with van der Waals surface area (Å²) in [5.74, 6) is 2.61. The van der Waals surface area contributed by atoms with Crippen molar-refractivity contribution in [1.29, 1.82) is 0 Å². The van der Waals surface area contributed by atoms with Crippen LogP contribution in [0.3, 0.4) is 0 Å². The standard InChI is InChI=1S/C29H30N8O3/c1-37-11-8-20(37)17-40-21-5-6-25(32-15-21)36-28(38)19-4-2-3-18(13-19)14-33-27-22-9-12-39-26(22)23(16-34-27)24-7-10-31-29(30)35-24/h2-7,10,13,15-16,20H,8-9,11-12,14,17H2,1H3,(H,33,34)(H2,30,31,35)(H,32,36,38). The number of aromatic nitrogens is 4. The second-order valence-corrected chi connectivity index (χ2v) is 9.85. The van der Waals surface area contributed by atoms with E-state index >= 15 is 0 Å². The third-order valence-electron chi connectivity index (χ3n) is 7.18. The summed E-state index contributed by atoms with van der Waals surface area (Å²) < 4.78 is 11.7. The Morgan fingerprint density at radius 2 is 2.10 bits per heavy atom. The van der Waals surface area contributed by atoms with Crippen molar-refractivity contribution in [3.63, 3.8) is 0 Å². The minimum atomic E-state index is -0.236. The number of benzene rings is 1. The first kappa shape index (κ1) is 25.5. The number of rotatable bonds is 9. The van der Waals surface area contributed by atoms with Gasteiger partial charge in [0.05, 0.1) is 24.1 Å². The number of hydrogen-bond acceptors (Lipinski definition) is 10. The fourth-order valence-electron chi connectivity index (χ4n) is 4.76. The summed E-state index contributed by atoms with van der Waals surface area (Å²) in [5.41, 5.74) is 9.67. The fraction of sp³-hybridized carbons (Fsp3) is 0.276. The van der Waals surface area contributed by atoms with E-state index < -0.39 is 0 Å². The van der Waals surface area contributed by atoms with Gasteiger partial charge in [-0.15, -0.1) is 0 Å². The zero-order chi connectivity index (χ0) is 27.5. The first-order valence-electron chi connectivity index (χ1n) is 13.2. The van der Waals surface area contributed by atoms with Crippen LogP contribution in [-0.4, -0.2) is 63.6 Å². The van der Waals surface area contributed by atoms with E-state index in [1.165, 1.54) is 0 Å². The molecule has 0 spiro atoms. The number of ether oxygens (including phenoxy) is 2. The van der Waals surface area contributed by atoms with Gasteiger partial charge >= 0.3 is 0 Å². The molecule has 11 heteroatoms. The number of nitrogens with one attached hydrogen (secondary N) is 2. The Balaban J connectivity index is 1.08. The molecule has 1 unspecified atom stereocenters. The van der Waals surface area contributed by atoms with E-state index in [1.807, 2.05) is 24.3 Å². The van der Waals surface area contributed by atoms with Crippen LogP contribution in [0.15, 0.2) is 61.1 Å². The van der Waals surface area contributed by atoms with Crippen LogP contribution in [0.1, 0.15) is 27.9 Å². The van der Waals surface area contributed by atoms with Crippen molar-refractivity contribution in [3.05, 3.63) is 77.7 Å². The number of nitrogens with two attached hydrogens (primary N) is 1. The predicted molar refractivity (Wildman–Crippen MR) is 151 cm³/mol. The molecule has 2 aliphatic rings. The van der Waals surface area contributed by atoms with Gasteiger partial charge in [-0.2, -0.15) is 0 Å². The Bertz CT molecular complexity index is 1530. The molecular weight excluding hydrogens is 508 g/mol. The molecule has 1 atom stereocenters. The molecule has 11 nitrogen and oxygen atoms in total. The average Bonchev–Trinajstić information content (AvgIpc) is 3.47. The lowest BCUT2D eigenvalue weighted by Gasteiger charge is -2.37. The zero-order valence-electron chi connectivity index (χ0n) is 22.1. The van der Waals surface area contributed by atoms with Gasteiger partial charge in [-0.25, -0.2) is 19.9 Å². The number of carbonyl (C=O) groups is 1. The molecule has 3 aromatic heterocycles. The fourth-order valence-corrected chi connectivity index (χ4v) is 4.76. The van der Waals surface area contributed by atoms with Crippen LogP contribution >= 0.6 is 0 Å². The summed E-state index contributed by atoms with van der Waals surface area (Å²) in [6.45, 7) is 2.80. The van der Waals surface area contributed by atoms with E-state index in [1.54, 1.807) is 36.8 Å². The molecule has 0 aliphatic carbocycles. The third-order valence-corrected chi connectivity index (χ3v) is 7.18. The number of carbonyl (C=O) groups excluding carboxylic acids is 1. The minimum Gasteiger partial charge on any atom is -0.492 e. The number of pyridine rings is 2. The first-order chi connectivity index (χ1) is 19.5. The van der Waals surface area contributed by atoms with Crippen LogP contribution in [0.2, 0.25) is 0 Å². The van der Waals surface area contributed by atoms with Gasteiger partial charge in [-0.3, -0.25) is 9.69 Å². The maximum Gasteiger partial charge on any atom is 0.256 e. The van der Waals surface area contributed by atoms with Crippen molar-refractivity contribution in [3.8, 4) is 22.8 Å². The molecule has 4 aromatic rings. The van der Waals surface area contributed by atoms with Crippen LogP contribution in [0.25, 0.3) is 11.3 Å². The van der Waals surface area contributed by atoms with Gasteiger partial charge in [0.1, 0.15) is 29.7 Å². The quantitative estimate of drug-likeness (QED) is 0.290. The van der Waals surface area contributed by atoms with Crippen LogP contribution in [0.4, 0.5) is 17.6 Å². The Labute approximate surface area is 231 Å². The summed E-state index contributed by atoms with van der Waals surface area (Å²) in [4.78, 5) is 32.4. The Morgan fingerprint density at radius 3 is 2.88 bits per heavy atom. The van der Waals surface area contributed by atoms with Crippen LogP contribution < -0.4 is 25.8 Å². The molecular formula is C29H30N8O3. The lowest BCUT2D eigenvalue weighted by atomic mass is 10.1. The average molecular weight is 539 g/mol. The third kappa shape index (κ3) is 5.50. The van der Waals surface area contributed by atoms with Crippen molar-refractivity contribution in [2.75, 3.05) is 43.2 Å². The first-order valence-corrected chi connectivity index (χ1v) is 13.2. The predicted octanol–water partition coefficient (Wildman–Crippen LogP) is 3.40. The molecule has 0 saturated carbocycles. The van der Waals surface area contributed by atoms with E-state index in [-0.39, 0.29) is 11.9 Å². The van der Waals surface area contributed by atoms with Crippen molar-refractivity contribution >= 4 is 23.5 Å². The number of amides is 1. The van der Waals surface area contributed by atoms with E-state index in [0.29, 0.717) is 48.6 Å². The van der Waals surface area contributed by atoms with Crippen LogP contribution in [0.5, 0.6) is 11.5 Å². The number of nitrogen functional groups attached to an aromatic ring is 1. The van der Waals surface area contributed by atoms with Crippen LogP contribution in [0, 0.1) is 0 Å². The lowest BCUT2D eigenvalue weighted by Crippen LogP contribution is -2.48. The van der Waals surface area contributed by atoms with Gasteiger partial charge in [0.2, 0.25) is 5.95 Å². The van der Waals surface area contributed by atoms with Crippen molar-refractivity contribution in [2.45, 2.75) is 25.4 Å². The molecule has 0 radical (unpaired) electrons. The van der Waals surface area contributed by atoms with Gasteiger partial charge < -0.3 is 25.8 Å². The smallest absolute Gasteiger partial charge is 0.256 e. The number of fused-ring (bicyclic) bond motifs is 1. The molecule has 1 fully saturated rings. The molecule has 2 aliphatic heterocycles. The second-order valence-electron chi connectivity index (χ2n) is 9.85. The molecule has 40 heavy (non-hydrogen) atoms. The van der Waals surface area contributed by atoms with Gasteiger partial charge in [0.15, 0.2) is 0 Å². The van der Waals surface area contributed by atoms with Gasteiger partial charge in [-0.1, -0.05) is 12.1 Å². The summed E-state index contributed by atoms with van der Waals surface area (Å²) in [6, 6.07) is 13.3. The number of anilines is 3. The monoisotopic (exact) mass is 538 g/mol. The maximum atomic E-state index is 12.9. The Morgan fingerprint density at radius 1 is 1.18 bits per heavy atom. The van der Waals surface area contributed by atoms with Crippen molar-refractivity contribution in [1.82, 2.24) is 24.8 Å². The number of hydrogen-bond donors (Lipinski definition) is 3. The lowest BCUT2D eigenvalue weighted by molar-refractivity contribution is 0.0767. The van der Waals surface area contributed by atoms with E-state index in [9.17, 15) is 4.79 Å². The molecule has 1 saturated heterocycles.